The number of rotatable bonds is 3. The molecule has 2 aliphatic rings. The van der Waals surface area contributed by atoms with Crippen molar-refractivity contribution in [2.24, 2.45) is 21.5 Å². The minimum atomic E-state index is -0.535. The predicted molar refractivity (Wildman–Crippen MR) is 110 cm³/mol. The first-order valence-corrected chi connectivity index (χ1v) is 9.39. The highest BCUT2D eigenvalue weighted by molar-refractivity contribution is 6.08. The average Bonchev–Trinajstić information content (AvgIpc) is 2.69. The van der Waals surface area contributed by atoms with E-state index in [0.717, 1.165) is 37.8 Å². The second kappa shape index (κ2) is 7.30. The number of nitrogens with zero attached hydrogens (tertiary/aromatic N) is 4. The van der Waals surface area contributed by atoms with E-state index in [-0.39, 0.29) is 11.9 Å². The first-order chi connectivity index (χ1) is 13.6. The zero-order chi connectivity index (χ0) is 19.6. The number of carbonyl (C=O) groups is 1. The molecule has 1 aromatic heterocycles. The number of anilines is 2. The van der Waals surface area contributed by atoms with Gasteiger partial charge in [0.1, 0.15) is 5.66 Å². The topological polar surface area (TPSA) is 122 Å². The van der Waals surface area contributed by atoms with Crippen LogP contribution in [0.2, 0.25) is 0 Å². The summed E-state index contributed by atoms with van der Waals surface area (Å²) in [6.07, 6.45) is 8.20. The lowest BCUT2D eigenvalue weighted by molar-refractivity contribution is 0.102. The largest absolute Gasteiger partial charge is 0.369 e. The molecule has 2 aromatic rings. The standard InChI is InChI=1S/C20H23N7O/c21-18-25-19(22)27(20(26-18)9-2-1-3-10-20)16-8-4-6-14(12-16)17(28)24-15-7-5-11-23-13-15/h4-8,11-13H,1-3,9-10H2,(H,24,28)(H4,21,22,25,26). The summed E-state index contributed by atoms with van der Waals surface area (Å²) in [4.78, 5) is 27.5. The predicted octanol–water partition coefficient (Wildman–Crippen LogP) is 2.44. The molecule has 0 atom stereocenters. The maximum atomic E-state index is 12.7. The fraction of sp³-hybridized carbons (Fsp3) is 0.300. The lowest BCUT2D eigenvalue weighted by atomic mass is 9.87. The number of hydrogen-bond acceptors (Lipinski definition) is 7. The van der Waals surface area contributed by atoms with E-state index in [1.807, 2.05) is 23.1 Å². The Morgan fingerprint density at radius 2 is 1.93 bits per heavy atom. The summed E-state index contributed by atoms with van der Waals surface area (Å²) in [5, 5.41) is 2.85. The van der Waals surface area contributed by atoms with Gasteiger partial charge in [-0.2, -0.15) is 4.99 Å². The van der Waals surface area contributed by atoms with E-state index in [1.54, 1.807) is 30.6 Å². The molecule has 1 fully saturated rings. The average molecular weight is 377 g/mol. The number of aromatic nitrogens is 1. The van der Waals surface area contributed by atoms with Gasteiger partial charge in [-0.05, 0) is 56.0 Å². The van der Waals surface area contributed by atoms with Gasteiger partial charge in [0.05, 0.1) is 11.9 Å². The number of amides is 1. The molecular formula is C20H23N7O. The van der Waals surface area contributed by atoms with Crippen molar-refractivity contribution < 1.29 is 4.79 Å². The van der Waals surface area contributed by atoms with Gasteiger partial charge in [-0.25, -0.2) is 4.99 Å². The molecule has 1 amide bonds. The third-order valence-electron chi connectivity index (χ3n) is 5.14. The summed E-state index contributed by atoms with van der Waals surface area (Å²) in [6, 6.07) is 10.9. The summed E-state index contributed by atoms with van der Waals surface area (Å²) < 4.78 is 0. The van der Waals surface area contributed by atoms with E-state index >= 15 is 0 Å². The number of benzene rings is 1. The van der Waals surface area contributed by atoms with E-state index in [4.69, 9.17) is 11.5 Å². The van der Waals surface area contributed by atoms with Crippen LogP contribution in [0.4, 0.5) is 11.4 Å². The molecule has 1 saturated carbocycles. The SMILES string of the molecule is NC1=NC2(CCCCC2)N(c2cccc(C(=O)Nc3cccnc3)c2)C(N)=N1. The minimum absolute atomic E-state index is 0.209. The maximum absolute atomic E-state index is 12.7. The van der Waals surface area contributed by atoms with Gasteiger partial charge < -0.3 is 16.8 Å². The van der Waals surface area contributed by atoms with E-state index in [9.17, 15) is 4.79 Å². The van der Waals surface area contributed by atoms with Crippen LogP contribution in [0.3, 0.4) is 0 Å². The van der Waals surface area contributed by atoms with Gasteiger partial charge in [-0.15, -0.1) is 0 Å². The third kappa shape index (κ3) is 3.40. The number of hydrogen-bond donors (Lipinski definition) is 3. The third-order valence-corrected chi connectivity index (χ3v) is 5.14. The van der Waals surface area contributed by atoms with Crippen LogP contribution in [0.5, 0.6) is 0 Å². The van der Waals surface area contributed by atoms with Crippen LogP contribution in [-0.4, -0.2) is 28.5 Å². The summed E-state index contributed by atoms with van der Waals surface area (Å²) in [5.41, 5.74) is 13.6. The Morgan fingerprint density at radius 1 is 1.11 bits per heavy atom. The molecule has 0 radical (unpaired) electrons. The second-order valence-electron chi connectivity index (χ2n) is 7.06. The molecule has 28 heavy (non-hydrogen) atoms. The van der Waals surface area contributed by atoms with E-state index < -0.39 is 5.66 Å². The molecule has 5 N–H and O–H groups in total. The maximum Gasteiger partial charge on any atom is 0.255 e. The molecular weight excluding hydrogens is 354 g/mol. The quantitative estimate of drug-likeness (QED) is 0.758. The zero-order valence-corrected chi connectivity index (χ0v) is 15.5. The lowest BCUT2D eigenvalue weighted by Crippen LogP contribution is -2.58. The Bertz CT molecular complexity index is 933. The number of guanidine groups is 2. The molecule has 1 aromatic carbocycles. The molecule has 1 aliphatic heterocycles. The molecule has 2 heterocycles. The summed E-state index contributed by atoms with van der Waals surface area (Å²) >= 11 is 0. The van der Waals surface area contributed by atoms with Crippen molar-refractivity contribution in [3.63, 3.8) is 0 Å². The molecule has 8 nitrogen and oxygen atoms in total. The fourth-order valence-corrected chi connectivity index (χ4v) is 3.92. The number of pyridine rings is 1. The molecule has 8 heteroatoms. The highest BCUT2D eigenvalue weighted by atomic mass is 16.1. The summed E-state index contributed by atoms with van der Waals surface area (Å²) in [7, 11) is 0. The van der Waals surface area contributed by atoms with Crippen molar-refractivity contribution in [1.82, 2.24) is 4.98 Å². The van der Waals surface area contributed by atoms with Crippen LogP contribution in [0, 0.1) is 0 Å². The molecule has 144 valence electrons. The summed E-state index contributed by atoms with van der Waals surface area (Å²) in [6.45, 7) is 0. The molecule has 1 aliphatic carbocycles. The molecule has 4 rings (SSSR count). The highest BCUT2D eigenvalue weighted by Crippen LogP contribution is 2.39. The fourth-order valence-electron chi connectivity index (χ4n) is 3.92. The van der Waals surface area contributed by atoms with E-state index in [1.165, 1.54) is 0 Å². The monoisotopic (exact) mass is 377 g/mol. The smallest absolute Gasteiger partial charge is 0.255 e. The highest BCUT2D eigenvalue weighted by Gasteiger charge is 2.42. The summed E-state index contributed by atoms with van der Waals surface area (Å²) in [5.74, 6) is 0.295. The van der Waals surface area contributed by atoms with Gasteiger partial charge in [-0.1, -0.05) is 12.5 Å². The van der Waals surface area contributed by atoms with Gasteiger partial charge in [0, 0.05) is 17.4 Å². The van der Waals surface area contributed by atoms with E-state index in [0.29, 0.717) is 17.2 Å². The number of nitrogens with two attached hydrogens (primary N) is 2. The van der Waals surface area contributed by atoms with Crippen LogP contribution < -0.4 is 21.7 Å². The Kier molecular flexibility index (Phi) is 4.68. The van der Waals surface area contributed by atoms with Crippen LogP contribution in [-0.2, 0) is 0 Å². The molecule has 0 saturated heterocycles. The van der Waals surface area contributed by atoms with Crippen molar-refractivity contribution in [1.29, 1.82) is 0 Å². The Morgan fingerprint density at radius 3 is 2.68 bits per heavy atom. The normalized spacial score (nSPS) is 18.4. The van der Waals surface area contributed by atoms with Crippen molar-refractivity contribution in [3.05, 3.63) is 54.4 Å². The van der Waals surface area contributed by atoms with Crippen LogP contribution in [0.15, 0.2) is 58.8 Å². The number of aliphatic imine (C=N–C) groups is 2. The first-order valence-electron chi connectivity index (χ1n) is 9.39. The molecule has 0 unspecified atom stereocenters. The Labute approximate surface area is 163 Å². The van der Waals surface area contributed by atoms with Gasteiger partial charge in [0.2, 0.25) is 11.9 Å². The number of nitrogens with one attached hydrogen (secondary N) is 1. The van der Waals surface area contributed by atoms with Crippen molar-refractivity contribution >= 4 is 29.2 Å². The van der Waals surface area contributed by atoms with Gasteiger partial charge >= 0.3 is 0 Å². The van der Waals surface area contributed by atoms with Crippen LogP contribution in [0.1, 0.15) is 42.5 Å². The number of carbonyl (C=O) groups excluding carboxylic acids is 1. The Balaban J connectivity index is 1.66. The van der Waals surface area contributed by atoms with E-state index in [2.05, 4.69) is 20.3 Å². The zero-order valence-electron chi connectivity index (χ0n) is 15.5. The van der Waals surface area contributed by atoms with Gasteiger partial charge in [0.15, 0.2) is 0 Å². The molecule has 1 spiro atoms. The van der Waals surface area contributed by atoms with Gasteiger partial charge in [-0.3, -0.25) is 14.7 Å². The van der Waals surface area contributed by atoms with Gasteiger partial charge in [0.25, 0.3) is 5.91 Å². The van der Waals surface area contributed by atoms with Crippen molar-refractivity contribution in [2.75, 3.05) is 10.2 Å². The lowest BCUT2D eigenvalue weighted by Gasteiger charge is -2.45. The van der Waals surface area contributed by atoms with Crippen molar-refractivity contribution in [3.8, 4) is 0 Å². The Hall–Kier alpha value is -3.42. The van der Waals surface area contributed by atoms with Crippen molar-refractivity contribution in [2.45, 2.75) is 37.8 Å². The molecule has 0 bridgehead atoms. The van der Waals surface area contributed by atoms with Crippen LogP contribution in [0.25, 0.3) is 0 Å². The van der Waals surface area contributed by atoms with Crippen LogP contribution >= 0.6 is 0 Å². The minimum Gasteiger partial charge on any atom is -0.369 e. The first kappa shape index (κ1) is 18.0. The second-order valence-corrected chi connectivity index (χ2v) is 7.06.